The van der Waals surface area contributed by atoms with Crippen LogP contribution in [0.4, 0.5) is 18.9 Å². The molecule has 3 saturated carbocycles. The Morgan fingerprint density at radius 2 is 1.80 bits per heavy atom. The van der Waals surface area contributed by atoms with Crippen molar-refractivity contribution in [1.29, 1.82) is 0 Å². The summed E-state index contributed by atoms with van der Waals surface area (Å²) in [5.74, 6) is 1.06. The highest BCUT2D eigenvalue weighted by atomic mass is 19.4. The zero-order chi connectivity index (χ0) is 24.4. The quantitative estimate of drug-likeness (QED) is 0.428. The molecule has 0 aliphatic heterocycles. The molecule has 2 bridgehead atoms. The van der Waals surface area contributed by atoms with Crippen molar-refractivity contribution in [3.63, 3.8) is 0 Å². The van der Waals surface area contributed by atoms with Crippen molar-refractivity contribution in [1.82, 2.24) is 9.97 Å². The van der Waals surface area contributed by atoms with E-state index in [-0.39, 0.29) is 11.8 Å². The van der Waals surface area contributed by atoms with Crippen LogP contribution in [0.3, 0.4) is 0 Å². The smallest absolute Gasteiger partial charge is 0.324 e. The molecule has 3 aromatic rings. The van der Waals surface area contributed by atoms with Crippen LogP contribution in [0.2, 0.25) is 0 Å². The lowest BCUT2D eigenvalue weighted by molar-refractivity contribution is -0.137. The van der Waals surface area contributed by atoms with E-state index in [1.807, 2.05) is 24.3 Å². The molecule has 7 heteroatoms. The second-order valence-corrected chi connectivity index (χ2v) is 9.47. The van der Waals surface area contributed by atoms with E-state index in [1.54, 1.807) is 12.4 Å². The summed E-state index contributed by atoms with van der Waals surface area (Å²) in [6, 6.07) is 14.3. The van der Waals surface area contributed by atoms with Gasteiger partial charge in [-0.1, -0.05) is 35.9 Å². The number of carbonyl (C=O) groups excluding carboxylic acids is 1. The van der Waals surface area contributed by atoms with Crippen molar-refractivity contribution in [3.05, 3.63) is 101 Å². The standard InChI is InChI=1S/C28H26F3N3O/c29-28(30,31)23-7-8-24(33-16-23)12-19-4-1-3-18(11-19)6-9-26-20-13-21(26)15-22(14-20)27(35)34-25-5-2-10-32-17-25/h1-5,7-11,16-17,20-22H,6,12-15H2,(H,34,35). The van der Waals surface area contributed by atoms with Crippen molar-refractivity contribution < 1.29 is 18.0 Å². The monoisotopic (exact) mass is 477 g/mol. The van der Waals surface area contributed by atoms with Crippen LogP contribution in [-0.4, -0.2) is 15.9 Å². The van der Waals surface area contributed by atoms with E-state index in [1.165, 1.54) is 11.6 Å². The number of fused-ring (bicyclic) bond motifs is 2. The summed E-state index contributed by atoms with van der Waals surface area (Å²) in [7, 11) is 0. The molecule has 3 fully saturated rings. The molecule has 0 spiro atoms. The summed E-state index contributed by atoms with van der Waals surface area (Å²) < 4.78 is 38.3. The van der Waals surface area contributed by atoms with Crippen LogP contribution >= 0.6 is 0 Å². The minimum absolute atomic E-state index is 0.0377. The molecule has 1 N–H and O–H groups in total. The highest BCUT2D eigenvalue weighted by molar-refractivity contribution is 5.92. The minimum Gasteiger partial charge on any atom is -0.324 e. The Balaban J connectivity index is 1.17. The Morgan fingerprint density at radius 3 is 2.49 bits per heavy atom. The number of aromatic nitrogens is 2. The third-order valence-corrected chi connectivity index (χ3v) is 7.05. The van der Waals surface area contributed by atoms with Gasteiger partial charge in [0.2, 0.25) is 5.91 Å². The van der Waals surface area contributed by atoms with Crippen LogP contribution < -0.4 is 5.32 Å². The molecule has 2 atom stereocenters. The lowest BCUT2D eigenvalue weighted by atomic mass is 9.57. The number of pyridine rings is 2. The first-order valence-electron chi connectivity index (χ1n) is 11.9. The maximum absolute atomic E-state index is 12.8. The number of benzene rings is 1. The predicted molar refractivity (Wildman–Crippen MR) is 127 cm³/mol. The van der Waals surface area contributed by atoms with Gasteiger partial charge in [0.05, 0.1) is 17.4 Å². The van der Waals surface area contributed by atoms with Gasteiger partial charge in [0, 0.05) is 30.4 Å². The summed E-state index contributed by atoms with van der Waals surface area (Å²) in [5, 5.41) is 2.98. The molecular weight excluding hydrogens is 451 g/mol. The van der Waals surface area contributed by atoms with Gasteiger partial charge in [-0.3, -0.25) is 14.8 Å². The molecule has 1 aromatic carbocycles. The number of allylic oxidation sites excluding steroid dienone is 2. The summed E-state index contributed by atoms with van der Waals surface area (Å²) in [6.07, 6.45) is 6.39. The Bertz CT molecular complexity index is 1210. The molecule has 3 aliphatic carbocycles. The second kappa shape index (κ2) is 9.64. The Labute approximate surface area is 202 Å². The number of nitrogens with one attached hydrogen (secondary N) is 1. The molecule has 0 saturated heterocycles. The molecule has 2 heterocycles. The maximum atomic E-state index is 12.8. The van der Waals surface area contributed by atoms with Crippen molar-refractivity contribution >= 4 is 11.6 Å². The number of anilines is 1. The third-order valence-electron chi connectivity index (χ3n) is 7.05. The molecule has 3 aliphatic rings. The normalized spacial score (nSPS) is 21.2. The van der Waals surface area contributed by atoms with E-state index in [0.717, 1.165) is 54.8 Å². The van der Waals surface area contributed by atoms with Crippen LogP contribution in [0.5, 0.6) is 0 Å². The molecule has 2 aromatic heterocycles. The fraction of sp³-hybridized carbons (Fsp3) is 0.321. The van der Waals surface area contributed by atoms with Crippen molar-refractivity contribution in [3.8, 4) is 0 Å². The minimum atomic E-state index is -4.37. The lowest BCUT2D eigenvalue weighted by Crippen LogP contribution is -2.41. The van der Waals surface area contributed by atoms with Gasteiger partial charge in [0.15, 0.2) is 0 Å². The average Bonchev–Trinajstić information content (AvgIpc) is 2.85. The van der Waals surface area contributed by atoms with Gasteiger partial charge in [-0.15, -0.1) is 0 Å². The van der Waals surface area contributed by atoms with E-state index >= 15 is 0 Å². The van der Waals surface area contributed by atoms with Crippen molar-refractivity contribution in [2.24, 2.45) is 17.8 Å². The fourth-order valence-corrected chi connectivity index (χ4v) is 5.27. The fourth-order valence-electron chi connectivity index (χ4n) is 5.27. The molecule has 180 valence electrons. The van der Waals surface area contributed by atoms with Crippen LogP contribution in [0.1, 0.15) is 41.6 Å². The number of alkyl halides is 3. The maximum Gasteiger partial charge on any atom is 0.417 e. The van der Waals surface area contributed by atoms with E-state index in [9.17, 15) is 18.0 Å². The molecule has 1 amide bonds. The van der Waals surface area contributed by atoms with Gasteiger partial charge in [-0.05, 0) is 72.9 Å². The number of hydrogen-bond donors (Lipinski definition) is 1. The van der Waals surface area contributed by atoms with Crippen LogP contribution in [-0.2, 0) is 23.8 Å². The van der Waals surface area contributed by atoms with Gasteiger partial charge in [0.1, 0.15) is 0 Å². The number of carbonyl (C=O) groups is 1. The van der Waals surface area contributed by atoms with Crippen molar-refractivity contribution in [2.45, 2.75) is 38.3 Å². The largest absolute Gasteiger partial charge is 0.417 e. The summed E-state index contributed by atoms with van der Waals surface area (Å²) in [5.41, 5.74) is 4.26. The zero-order valence-electron chi connectivity index (χ0n) is 19.1. The number of nitrogens with zero attached hydrogens (tertiary/aromatic N) is 2. The number of amides is 1. The van der Waals surface area contributed by atoms with E-state index < -0.39 is 11.7 Å². The summed E-state index contributed by atoms with van der Waals surface area (Å²) in [4.78, 5) is 20.7. The van der Waals surface area contributed by atoms with Crippen LogP contribution in [0, 0.1) is 17.8 Å². The Hall–Kier alpha value is -3.48. The van der Waals surface area contributed by atoms with Gasteiger partial charge in [-0.2, -0.15) is 13.2 Å². The number of hydrogen-bond acceptors (Lipinski definition) is 3. The first-order chi connectivity index (χ1) is 16.8. The van der Waals surface area contributed by atoms with Crippen LogP contribution in [0.25, 0.3) is 0 Å². The summed E-state index contributed by atoms with van der Waals surface area (Å²) >= 11 is 0. The van der Waals surface area contributed by atoms with E-state index in [2.05, 4.69) is 33.5 Å². The zero-order valence-corrected chi connectivity index (χ0v) is 19.1. The molecular formula is C28H26F3N3O. The van der Waals surface area contributed by atoms with Gasteiger partial charge in [0.25, 0.3) is 0 Å². The Kier molecular flexibility index (Phi) is 6.41. The van der Waals surface area contributed by atoms with E-state index in [4.69, 9.17) is 0 Å². The second-order valence-electron chi connectivity index (χ2n) is 9.47. The highest BCUT2D eigenvalue weighted by Gasteiger charge is 2.44. The molecule has 2 unspecified atom stereocenters. The predicted octanol–water partition coefficient (Wildman–Crippen LogP) is 6.24. The SMILES string of the molecule is O=C(Nc1cccnc1)C1CC2CC(C1)C2=CCc1cccc(Cc2ccc(C(F)(F)F)cn2)c1. The van der Waals surface area contributed by atoms with Crippen LogP contribution in [0.15, 0.2) is 78.8 Å². The van der Waals surface area contributed by atoms with Crippen molar-refractivity contribution in [2.75, 3.05) is 5.32 Å². The topological polar surface area (TPSA) is 54.9 Å². The third kappa shape index (κ3) is 5.45. The first-order valence-corrected chi connectivity index (χ1v) is 11.9. The molecule has 6 rings (SSSR count). The van der Waals surface area contributed by atoms with Gasteiger partial charge < -0.3 is 5.32 Å². The average molecular weight is 478 g/mol. The Morgan fingerprint density at radius 1 is 1.00 bits per heavy atom. The molecule has 4 nitrogen and oxygen atoms in total. The number of halogens is 3. The first kappa shape index (κ1) is 23.3. The van der Waals surface area contributed by atoms with Gasteiger partial charge in [-0.25, -0.2) is 0 Å². The summed E-state index contributed by atoms with van der Waals surface area (Å²) in [6.45, 7) is 0. The highest BCUT2D eigenvalue weighted by Crippen LogP contribution is 2.52. The van der Waals surface area contributed by atoms with E-state index in [0.29, 0.717) is 24.0 Å². The molecule has 0 radical (unpaired) electrons. The number of rotatable bonds is 6. The lowest BCUT2D eigenvalue weighted by Gasteiger charge is -2.47. The van der Waals surface area contributed by atoms with Gasteiger partial charge >= 0.3 is 6.18 Å². The molecule has 35 heavy (non-hydrogen) atoms.